The Kier molecular flexibility index (Phi) is 6.42. The van der Waals surface area contributed by atoms with Crippen molar-refractivity contribution in [1.82, 2.24) is 19.7 Å². The fourth-order valence-corrected chi connectivity index (χ4v) is 5.14. The first-order valence-electron chi connectivity index (χ1n) is 9.34. The van der Waals surface area contributed by atoms with Crippen LogP contribution in [0.3, 0.4) is 0 Å². The van der Waals surface area contributed by atoms with E-state index in [1.54, 1.807) is 23.5 Å². The van der Waals surface area contributed by atoms with Gasteiger partial charge in [0.25, 0.3) is 0 Å². The summed E-state index contributed by atoms with van der Waals surface area (Å²) in [5, 5.41) is 11.9. The van der Waals surface area contributed by atoms with E-state index in [0.717, 1.165) is 25.1 Å². The number of nitrogens with zero attached hydrogens (tertiary/aromatic N) is 4. The Morgan fingerprint density at radius 2 is 2.14 bits per heavy atom. The maximum absolute atomic E-state index is 12.8. The molecule has 29 heavy (non-hydrogen) atoms. The maximum atomic E-state index is 12.8. The Bertz CT molecular complexity index is 960. The lowest BCUT2D eigenvalue weighted by atomic mass is 10.2. The lowest BCUT2D eigenvalue weighted by Gasteiger charge is -2.23. The van der Waals surface area contributed by atoms with Crippen LogP contribution in [0.2, 0.25) is 5.02 Å². The van der Waals surface area contributed by atoms with Gasteiger partial charge in [-0.2, -0.15) is 0 Å². The molecule has 0 radical (unpaired) electrons. The first-order valence-corrected chi connectivity index (χ1v) is 11.6. The van der Waals surface area contributed by atoms with Crippen molar-refractivity contribution in [2.45, 2.75) is 30.6 Å². The van der Waals surface area contributed by atoms with E-state index in [-0.39, 0.29) is 11.9 Å². The zero-order chi connectivity index (χ0) is 20.2. The van der Waals surface area contributed by atoms with E-state index in [9.17, 15) is 4.79 Å². The van der Waals surface area contributed by atoms with E-state index >= 15 is 0 Å². The number of rotatable bonds is 7. The smallest absolute Gasteiger partial charge is 0.233 e. The van der Waals surface area contributed by atoms with Gasteiger partial charge in [0.05, 0.1) is 11.8 Å². The standard InChI is InChI=1S/C20H21ClN4O2S2/c1-24-18(12-27-15-8-6-14(21)7-9-15)22-23-20(24)29-13-19(26)25-10-2-4-16(25)17-5-3-11-28-17/h3,5-9,11,16H,2,4,10,12-13H2,1H3/t16-/m1/s1. The third-order valence-electron chi connectivity index (χ3n) is 4.88. The van der Waals surface area contributed by atoms with Gasteiger partial charge < -0.3 is 14.2 Å². The number of thioether (sulfide) groups is 1. The molecule has 1 amide bonds. The second-order valence-electron chi connectivity index (χ2n) is 6.75. The highest BCUT2D eigenvalue weighted by Crippen LogP contribution is 2.35. The van der Waals surface area contributed by atoms with Crippen molar-refractivity contribution in [3.63, 3.8) is 0 Å². The molecule has 1 aliphatic heterocycles. The molecule has 0 bridgehead atoms. The number of likely N-dealkylation sites (tertiary alicyclic amines) is 1. The summed E-state index contributed by atoms with van der Waals surface area (Å²) in [5.74, 6) is 1.92. The van der Waals surface area contributed by atoms with Crippen LogP contribution >= 0.6 is 34.7 Å². The van der Waals surface area contributed by atoms with Crippen molar-refractivity contribution >= 4 is 40.6 Å². The first kappa shape index (κ1) is 20.3. The van der Waals surface area contributed by atoms with Crippen molar-refractivity contribution in [2.75, 3.05) is 12.3 Å². The Labute approximate surface area is 182 Å². The van der Waals surface area contributed by atoms with E-state index in [1.807, 2.05) is 34.7 Å². The first-order chi connectivity index (χ1) is 14.1. The Balaban J connectivity index is 1.33. The number of halogens is 1. The van der Waals surface area contributed by atoms with Gasteiger partial charge in [0, 0.05) is 23.5 Å². The van der Waals surface area contributed by atoms with Gasteiger partial charge in [-0.25, -0.2) is 0 Å². The molecule has 0 aliphatic carbocycles. The van der Waals surface area contributed by atoms with Crippen molar-refractivity contribution in [3.05, 3.63) is 57.5 Å². The van der Waals surface area contributed by atoms with Crippen LogP contribution in [0.5, 0.6) is 5.75 Å². The van der Waals surface area contributed by atoms with Crippen LogP contribution in [0.1, 0.15) is 29.6 Å². The molecule has 152 valence electrons. The highest BCUT2D eigenvalue weighted by Gasteiger charge is 2.30. The maximum Gasteiger partial charge on any atom is 0.233 e. The number of carbonyl (C=O) groups is 1. The van der Waals surface area contributed by atoms with Gasteiger partial charge in [0.15, 0.2) is 11.0 Å². The monoisotopic (exact) mass is 448 g/mol. The van der Waals surface area contributed by atoms with Gasteiger partial charge in [-0.1, -0.05) is 29.4 Å². The number of benzene rings is 1. The molecule has 4 rings (SSSR count). The number of amides is 1. The van der Waals surface area contributed by atoms with Crippen LogP contribution in [0.25, 0.3) is 0 Å². The van der Waals surface area contributed by atoms with Crippen LogP contribution in [0, 0.1) is 0 Å². The molecule has 3 heterocycles. The minimum absolute atomic E-state index is 0.146. The molecular weight excluding hydrogens is 428 g/mol. The fourth-order valence-electron chi connectivity index (χ4n) is 3.33. The summed E-state index contributed by atoms with van der Waals surface area (Å²) in [5.41, 5.74) is 0. The van der Waals surface area contributed by atoms with E-state index in [2.05, 4.69) is 21.6 Å². The number of hydrogen-bond donors (Lipinski definition) is 0. The summed E-state index contributed by atoms with van der Waals surface area (Å²) in [6, 6.07) is 11.6. The van der Waals surface area contributed by atoms with Gasteiger partial charge in [0.2, 0.25) is 5.91 Å². The highest BCUT2D eigenvalue weighted by molar-refractivity contribution is 7.99. The van der Waals surface area contributed by atoms with Crippen LogP contribution in [-0.4, -0.2) is 37.9 Å². The molecule has 0 N–H and O–H groups in total. The Morgan fingerprint density at radius 3 is 2.90 bits per heavy atom. The van der Waals surface area contributed by atoms with Gasteiger partial charge in [-0.15, -0.1) is 21.5 Å². The Hall–Kier alpha value is -2.03. The summed E-state index contributed by atoms with van der Waals surface area (Å²) >= 11 is 9.02. The number of ether oxygens (including phenoxy) is 1. The average Bonchev–Trinajstić information content (AvgIpc) is 3.47. The molecule has 1 fully saturated rings. The van der Waals surface area contributed by atoms with Crippen molar-refractivity contribution in [1.29, 1.82) is 0 Å². The molecule has 1 saturated heterocycles. The van der Waals surface area contributed by atoms with E-state index in [4.69, 9.17) is 16.3 Å². The highest BCUT2D eigenvalue weighted by atomic mass is 35.5. The normalized spacial score (nSPS) is 16.3. The van der Waals surface area contributed by atoms with Gasteiger partial charge in [0.1, 0.15) is 12.4 Å². The predicted molar refractivity (Wildman–Crippen MR) is 116 cm³/mol. The summed E-state index contributed by atoms with van der Waals surface area (Å²) in [4.78, 5) is 16.1. The fraction of sp³-hybridized carbons (Fsp3) is 0.350. The van der Waals surface area contributed by atoms with Gasteiger partial charge in [-0.3, -0.25) is 4.79 Å². The molecule has 0 saturated carbocycles. The number of hydrogen-bond acceptors (Lipinski definition) is 6. The van der Waals surface area contributed by atoms with Crippen molar-refractivity contribution < 1.29 is 9.53 Å². The van der Waals surface area contributed by atoms with Gasteiger partial charge >= 0.3 is 0 Å². The van der Waals surface area contributed by atoms with Crippen molar-refractivity contribution in [3.8, 4) is 5.75 Å². The molecule has 9 heteroatoms. The molecule has 1 atom stereocenters. The Morgan fingerprint density at radius 1 is 1.31 bits per heavy atom. The van der Waals surface area contributed by atoms with Crippen LogP contribution in [-0.2, 0) is 18.4 Å². The average molecular weight is 449 g/mol. The van der Waals surface area contributed by atoms with E-state index in [0.29, 0.717) is 28.4 Å². The minimum Gasteiger partial charge on any atom is -0.486 e. The topological polar surface area (TPSA) is 60.2 Å². The van der Waals surface area contributed by atoms with Crippen LogP contribution in [0.15, 0.2) is 46.9 Å². The molecule has 0 unspecified atom stereocenters. The SMILES string of the molecule is Cn1c(COc2ccc(Cl)cc2)nnc1SCC(=O)N1CCC[C@@H]1c1cccs1. The summed E-state index contributed by atoms with van der Waals surface area (Å²) in [6.07, 6.45) is 2.09. The van der Waals surface area contributed by atoms with Gasteiger partial charge in [-0.05, 0) is 48.6 Å². The van der Waals surface area contributed by atoms with E-state index in [1.165, 1.54) is 16.6 Å². The number of thiophene rings is 1. The molecule has 3 aromatic rings. The molecule has 1 aliphatic rings. The van der Waals surface area contributed by atoms with Crippen LogP contribution in [0.4, 0.5) is 0 Å². The second-order valence-corrected chi connectivity index (χ2v) is 9.11. The zero-order valence-corrected chi connectivity index (χ0v) is 18.3. The quantitative estimate of drug-likeness (QED) is 0.495. The lowest BCUT2D eigenvalue weighted by Crippen LogP contribution is -2.31. The summed E-state index contributed by atoms with van der Waals surface area (Å²) < 4.78 is 7.61. The number of aromatic nitrogens is 3. The summed E-state index contributed by atoms with van der Waals surface area (Å²) in [7, 11) is 1.89. The largest absolute Gasteiger partial charge is 0.486 e. The molecule has 0 spiro atoms. The molecule has 2 aromatic heterocycles. The summed E-state index contributed by atoms with van der Waals surface area (Å²) in [6.45, 7) is 1.12. The predicted octanol–water partition coefficient (Wildman–Crippen LogP) is 4.56. The second kappa shape index (κ2) is 9.19. The third kappa shape index (κ3) is 4.76. The molecule has 1 aromatic carbocycles. The third-order valence-corrected chi connectivity index (χ3v) is 7.11. The minimum atomic E-state index is 0.146. The zero-order valence-electron chi connectivity index (χ0n) is 16.0. The lowest BCUT2D eigenvalue weighted by molar-refractivity contribution is -0.129. The van der Waals surface area contributed by atoms with Crippen LogP contribution < -0.4 is 4.74 Å². The molecular formula is C20H21ClN4O2S2. The van der Waals surface area contributed by atoms with Crippen molar-refractivity contribution in [2.24, 2.45) is 7.05 Å². The number of carbonyl (C=O) groups excluding carboxylic acids is 1. The molecule has 6 nitrogen and oxygen atoms in total. The van der Waals surface area contributed by atoms with E-state index < -0.39 is 0 Å².